The number of para-hydroxylation sites is 1. The number of methoxy groups -OCH3 is 1. The standard InChI is InChI=1S/C16H17NO6S/c1-16(2,22-3)12-8-10-13(11-9-12)23-24(20,21)15-7-5-4-6-14(15)17(18)19/h4-11H,1-3H3. The minimum atomic E-state index is -4.32. The molecule has 0 amide bonds. The number of hydrogen-bond donors (Lipinski definition) is 0. The molecule has 2 aromatic rings. The molecular weight excluding hydrogens is 334 g/mol. The van der Waals surface area contributed by atoms with Gasteiger partial charge >= 0.3 is 10.1 Å². The highest BCUT2D eigenvalue weighted by molar-refractivity contribution is 7.87. The Labute approximate surface area is 140 Å². The van der Waals surface area contributed by atoms with Crippen molar-refractivity contribution < 1.29 is 22.3 Å². The van der Waals surface area contributed by atoms with Crippen LogP contribution in [0.3, 0.4) is 0 Å². The van der Waals surface area contributed by atoms with Crippen molar-refractivity contribution in [1.29, 1.82) is 0 Å². The molecule has 2 rings (SSSR count). The fourth-order valence-corrected chi connectivity index (χ4v) is 3.12. The molecule has 0 saturated carbocycles. The molecule has 0 aliphatic heterocycles. The van der Waals surface area contributed by atoms with Crippen molar-refractivity contribution in [1.82, 2.24) is 0 Å². The van der Waals surface area contributed by atoms with E-state index in [0.717, 1.165) is 17.7 Å². The summed E-state index contributed by atoms with van der Waals surface area (Å²) in [6, 6.07) is 11.3. The van der Waals surface area contributed by atoms with Gasteiger partial charge in [-0.05, 0) is 37.6 Å². The van der Waals surface area contributed by atoms with Crippen LogP contribution >= 0.6 is 0 Å². The van der Waals surface area contributed by atoms with Crippen LogP contribution in [0.5, 0.6) is 5.75 Å². The molecule has 0 unspecified atom stereocenters. The minimum Gasteiger partial charge on any atom is -0.379 e. The van der Waals surface area contributed by atoms with Crippen LogP contribution in [0.2, 0.25) is 0 Å². The average molecular weight is 351 g/mol. The SMILES string of the molecule is COC(C)(C)c1ccc(OS(=O)(=O)c2ccccc2[N+](=O)[O-])cc1. The summed E-state index contributed by atoms with van der Waals surface area (Å²) in [5.74, 6) is 0.0591. The number of benzene rings is 2. The predicted octanol–water partition coefficient (Wildman–Crippen LogP) is 3.24. The zero-order valence-corrected chi connectivity index (χ0v) is 14.2. The van der Waals surface area contributed by atoms with Crippen LogP contribution in [0, 0.1) is 10.1 Å². The lowest BCUT2D eigenvalue weighted by atomic mass is 9.98. The van der Waals surface area contributed by atoms with Crippen LogP contribution in [-0.4, -0.2) is 20.5 Å². The van der Waals surface area contributed by atoms with Crippen molar-refractivity contribution in [2.24, 2.45) is 0 Å². The monoisotopic (exact) mass is 351 g/mol. The summed E-state index contributed by atoms with van der Waals surface area (Å²) in [7, 11) is -2.74. The van der Waals surface area contributed by atoms with E-state index < -0.39 is 31.2 Å². The van der Waals surface area contributed by atoms with Gasteiger partial charge in [0.15, 0.2) is 4.90 Å². The van der Waals surface area contributed by atoms with E-state index in [2.05, 4.69) is 0 Å². The third-order valence-corrected chi connectivity index (χ3v) is 4.89. The summed E-state index contributed by atoms with van der Waals surface area (Å²) in [6.07, 6.45) is 0. The van der Waals surface area contributed by atoms with E-state index >= 15 is 0 Å². The molecular formula is C16H17NO6S. The molecule has 24 heavy (non-hydrogen) atoms. The fraction of sp³-hybridized carbons (Fsp3) is 0.250. The molecule has 7 nitrogen and oxygen atoms in total. The molecule has 0 radical (unpaired) electrons. The second-order valence-corrected chi connectivity index (χ2v) is 7.02. The van der Waals surface area contributed by atoms with Crippen molar-refractivity contribution in [2.45, 2.75) is 24.3 Å². The first-order valence-corrected chi connectivity index (χ1v) is 8.42. The maximum Gasteiger partial charge on any atom is 0.346 e. The molecule has 0 aliphatic carbocycles. The van der Waals surface area contributed by atoms with Gasteiger partial charge in [-0.15, -0.1) is 0 Å². The lowest BCUT2D eigenvalue weighted by Gasteiger charge is -2.23. The summed E-state index contributed by atoms with van der Waals surface area (Å²) in [4.78, 5) is 9.73. The van der Waals surface area contributed by atoms with Crippen LogP contribution < -0.4 is 4.18 Å². The van der Waals surface area contributed by atoms with Crippen LogP contribution in [-0.2, 0) is 20.5 Å². The number of nitro benzene ring substituents is 1. The molecule has 0 fully saturated rings. The molecule has 8 heteroatoms. The van der Waals surface area contributed by atoms with E-state index in [0.29, 0.717) is 0 Å². The van der Waals surface area contributed by atoms with Gasteiger partial charge in [0.1, 0.15) is 5.75 Å². The molecule has 0 heterocycles. The summed E-state index contributed by atoms with van der Waals surface area (Å²) < 4.78 is 35.0. The van der Waals surface area contributed by atoms with E-state index in [9.17, 15) is 18.5 Å². The zero-order valence-electron chi connectivity index (χ0n) is 13.4. The number of ether oxygens (including phenoxy) is 1. The van der Waals surface area contributed by atoms with Crippen molar-refractivity contribution in [3.63, 3.8) is 0 Å². The van der Waals surface area contributed by atoms with Gasteiger partial charge in [0.05, 0.1) is 10.5 Å². The Morgan fingerprint density at radius 2 is 1.62 bits per heavy atom. The van der Waals surface area contributed by atoms with Crippen LogP contribution in [0.15, 0.2) is 53.4 Å². The summed E-state index contributed by atoms with van der Waals surface area (Å²) in [6.45, 7) is 3.74. The van der Waals surface area contributed by atoms with Crippen LogP contribution in [0.25, 0.3) is 0 Å². The maximum atomic E-state index is 12.3. The Kier molecular flexibility index (Phi) is 4.91. The highest BCUT2D eigenvalue weighted by Gasteiger charge is 2.27. The highest BCUT2D eigenvalue weighted by atomic mass is 32.2. The average Bonchev–Trinajstić information content (AvgIpc) is 2.55. The van der Waals surface area contributed by atoms with E-state index in [-0.39, 0.29) is 5.75 Å². The third kappa shape index (κ3) is 3.72. The molecule has 2 aromatic carbocycles. The molecule has 0 aliphatic rings. The number of rotatable bonds is 6. The predicted molar refractivity (Wildman–Crippen MR) is 87.4 cm³/mol. The minimum absolute atomic E-state index is 0.0591. The molecule has 0 spiro atoms. The quantitative estimate of drug-likeness (QED) is 0.450. The fourth-order valence-electron chi connectivity index (χ4n) is 2.02. The molecule has 0 atom stereocenters. The van der Waals surface area contributed by atoms with E-state index in [1.54, 1.807) is 19.2 Å². The summed E-state index contributed by atoms with van der Waals surface area (Å²) in [5.41, 5.74) is -0.231. The zero-order chi connectivity index (χ0) is 18.0. The van der Waals surface area contributed by atoms with Gasteiger partial charge in [-0.2, -0.15) is 8.42 Å². The smallest absolute Gasteiger partial charge is 0.346 e. The number of nitrogens with zero attached hydrogens (tertiary/aromatic N) is 1. The van der Waals surface area contributed by atoms with E-state index in [1.165, 1.54) is 24.3 Å². The second-order valence-electron chi connectivity index (χ2n) is 5.50. The van der Waals surface area contributed by atoms with Gasteiger partial charge in [-0.3, -0.25) is 10.1 Å². The van der Waals surface area contributed by atoms with Gasteiger partial charge in [-0.25, -0.2) is 0 Å². The topological polar surface area (TPSA) is 95.7 Å². The number of nitro groups is 1. The van der Waals surface area contributed by atoms with Gasteiger partial charge in [0.25, 0.3) is 5.69 Å². The highest BCUT2D eigenvalue weighted by Crippen LogP contribution is 2.29. The first kappa shape index (κ1) is 17.9. The Balaban J connectivity index is 2.32. The normalized spacial score (nSPS) is 12.0. The van der Waals surface area contributed by atoms with E-state index in [4.69, 9.17) is 8.92 Å². The lowest BCUT2D eigenvalue weighted by molar-refractivity contribution is -0.387. The van der Waals surface area contributed by atoms with Gasteiger partial charge in [0, 0.05) is 13.2 Å². The van der Waals surface area contributed by atoms with Crippen molar-refractivity contribution in [3.05, 3.63) is 64.2 Å². The van der Waals surface area contributed by atoms with Crippen LogP contribution in [0.4, 0.5) is 5.69 Å². The van der Waals surface area contributed by atoms with Gasteiger partial charge in [-0.1, -0.05) is 24.3 Å². The lowest BCUT2D eigenvalue weighted by Crippen LogP contribution is -2.19. The molecule has 0 aromatic heterocycles. The maximum absolute atomic E-state index is 12.3. The van der Waals surface area contributed by atoms with Crippen molar-refractivity contribution >= 4 is 15.8 Å². The third-order valence-electron chi connectivity index (χ3n) is 3.60. The molecule has 0 bridgehead atoms. The number of hydrogen-bond acceptors (Lipinski definition) is 6. The van der Waals surface area contributed by atoms with Crippen LogP contribution in [0.1, 0.15) is 19.4 Å². The van der Waals surface area contributed by atoms with Gasteiger partial charge < -0.3 is 8.92 Å². The van der Waals surface area contributed by atoms with E-state index in [1.807, 2.05) is 13.8 Å². The largest absolute Gasteiger partial charge is 0.379 e. The first-order chi connectivity index (χ1) is 11.2. The molecule has 0 N–H and O–H groups in total. The summed E-state index contributed by atoms with van der Waals surface area (Å²) in [5, 5.41) is 11.0. The summed E-state index contributed by atoms with van der Waals surface area (Å²) >= 11 is 0. The van der Waals surface area contributed by atoms with Crippen molar-refractivity contribution in [3.8, 4) is 5.75 Å². The Morgan fingerprint density at radius 3 is 2.17 bits per heavy atom. The molecule has 0 saturated heterocycles. The van der Waals surface area contributed by atoms with Crippen molar-refractivity contribution in [2.75, 3.05) is 7.11 Å². The van der Waals surface area contributed by atoms with Gasteiger partial charge in [0.2, 0.25) is 0 Å². The first-order valence-electron chi connectivity index (χ1n) is 7.01. The Hall–Kier alpha value is -2.45. The molecule has 128 valence electrons. The second kappa shape index (κ2) is 6.58. The Bertz CT molecular complexity index is 843. The Morgan fingerprint density at radius 1 is 1.04 bits per heavy atom.